The van der Waals surface area contributed by atoms with Gasteiger partial charge < -0.3 is 18.8 Å². The van der Waals surface area contributed by atoms with Gasteiger partial charge in [-0.3, -0.25) is 4.90 Å². The molecule has 0 saturated carbocycles. The highest BCUT2D eigenvalue weighted by atomic mass is 79.9. The topological polar surface area (TPSA) is 100 Å². The predicted octanol–water partition coefficient (Wildman–Crippen LogP) is 8.36. The van der Waals surface area contributed by atoms with E-state index < -0.39 is 39.6 Å². The Balaban J connectivity index is 2.18. The molecule has 0 aliphatic carbocycles. The van der Waals surface area contributed by atoms with E-state index in [-0.39, 0.29) is 52.4 Å². The van der Waals surface area contributed by atoms with Crippen LogP contribution in [-0.2, 0) is 22.7 Å². The molecule has 0 fully saturated rings. The van der Waals surface area contributed by atoms with Crippen molar-refractivity contribution in [1.82, 2.24) is 0 Å². The summed E-state index contributed by atoms with van der Waals surface area (Å²) in [5.41, 5.74) is -0.386. The van der Waals surface area contributed by atoms with E-state index in [0.717, 1.165) is 5.56 Å². The third-order valence-electron chi connectivity index (χ3n) is 5.99. The number of halogens is 2. The summed E-state index contributed by atoms with van der Waals surface area (Å²) < 4.78 is 49.4. The molecule has 0 spiro atoms. The number of hydrogen-bond donors (Lipinski definition) is 0. The first kappa shape index (κ1) is 35.1. The maximum absolute atomic E-state index is 15.9. The Morgan fingerprint density at radius 2 is 1.61 bits per heavy atom. The second kappa shape index (κ2) is 15.0. The van der Waals surface area contributed by atoms with Crippen LogP contribution in [0, 0.1) is 12.7 Å². The summed E-state index contributed by atoms with van der Waals surface area (Å²) in [6.45, 7) is 11.9. The first-order valence-electron chi connectivity index (χ1n) is 14.0. The van der Waals surface area contributed by atoms with Crippen molar-refractivity contribution in [1.29, 1.82) is 0 Å². The van der Waals surface area contributed by atoms with Gasteiger partial charge in [0.2, 0.25) is 0 Å². The van der Waals surface area contributed by atoms with Gasteiger partial charge in [0.05, 0.1) is 10.7 Å². The second-order valence-corrected chi connectivity index (χ2v) is 14.6. The summed E-state index contributed by atoms with van der Waals surface area (Å²) in [4.78, 5) is 28.5. The number of anilines is 1. The molecule has 3 rings (SSSR count). The van der Waals surface area contributed by atoms with Crippen molar-refractivity contribution >= 4 is 51.3 Å². The molecule has 236 valence electrons. The van der Waals surface area contributed by atoms with E-state index in [0.29, 0.717) is 0 Å². The van der Waals surface area contributed by atoms with Gasteiger partial charge in [0.1, 0.15) is 51.1 Å². The minimum Gasteiger partial charge on any atom is -0.591 e. The van der Waals surface area contributed by atoms with E-state index in [2.05, 4.69) is 20.3 Å². The molecular formula is C33H38BrFN2O6S. The lowest BCUT2D eigenvalue weighted by Crippen LogP contribution is -2.38. The summed E-state index contributed by atoms with van der Waals surface area (Å²) in [5, 5.41) is 0. The van der Waals surface area contributed by atoms with Crippen molar-refractivity contribution in [2.24, 2.45) is 4.40 Å². The Morgan fingerprint density at radius 1 is 1.02 bits per heavy atom. The molecule has 44 heavy (non-hydrogen) atoms. The fourth-order valence-electron chi connectivity index (χ4n) is 3.85. The molecule has 0 bridgehead atoms. The standard InChI is InChI=1S/C33H38BrFN2O6S/c1-22-25(30(38)42-24-17-12-9-13-18-24)29(41-21-23-15-10-8-11-16-23)28(26(34)27(22)35)37(31(39)43-32(2,3)4)20-14-19-36-44(40)33(5,6)7/h8-13,15-19H,14,20-21H2,1-7H3/b36-19-/t44-/m1/s1. The molecule has 0 unspecified atom stereocenters. The van der Waals surface area contributed by atoms with Gasteiger partial charge in [0.15, 0.2) is 5.75 Å². The molecule has 8 nitrogen and oxygen atoms in total. The molecule has 0 heterocycles. The highest BCUT2D eigenvalue weighted by molar-refractivity contribution is 9.10. The van der Waals surface area contributed by atoms with E-state index in [9.17, 15) is 14.1 Å². The molecule has 0 saturated heterocycles. The van der Waals surface area contributed by atoms with Crippen LogP contribution in [0.2, 0.25) is 0 Å². The maximum Gasteiger partial charge on any atom is 0.414 e. The smallest absolute Gasteiger partial charge is 0.414 e. The number of para-hydroxylation sites is 1. The van der Waals surface area contributed by atoms with Crippen LogP contribution >= 0.6 is 15.9 Å². The molecule has 0 radical (unpaired) electrons. The van der Waals surface area contributed by atoms with E-state index >= 15 is 4.39 Å². The molecule has 0 aromatic heterocycles. The van der Waals surface area contributed by atoms with Crippen molar-refractivity contribution in [2.45, 2.75) is 71.8 Å². The van der Waals surface area contributed by atoms with Gasteiger partial charge in [-0.2, -0.15) is 0 Å². The number of ether oxygens (including phenoxy) is 3. The molecule has 11 heteroatoms. The van der Waals surface area contributed by atoms with Crippen molar-refractivity contribution < 1.29 is 32.7 Å². The molecule has 1 atom stereocenters. The van der Waals surface area contributed by atoms with Crippen LogP contribution in [0.4, 0.5) is 14.9 Å². The highest BCUT2D eigenvalue weighted by Crippen LogP contribution is 2.44. The minimum absolute atomic E-state index is 0.00511. The van der Waals surface area contributed by atoms with Crippen LogP contribution < -0.4 is 14.4 Å². The zero-order valence-electron chi connectivity index (χ0n) is 26.0. The number of carbonyl (C=O) groups is 2. The Kier molecular flexibility index (Phi) is 12.0. The Bertz CT molecular complexity index is 1470. The number of amides is 1. The van der Waals surface area contributed by atoms with Crippen LogP contribution in [-0.4, -0.2) is 39.7 Å². The zero-order chi connectivity index (χ0) is 32.7. The highest BCUT2D eigenvalue weighted by Gasteiger charge is 2.35. The summed E-state index contributed by atoms with van der Waals surface area (Å²) >= 11 is 1.81. The number of esters is 1. The monoisotopic (exact) mass is 688 g/mol. The van der Waals surface area contributed by atoms with Crippen molar-refractivity contribution in [3.8, 4) is 11.5 Å². The fraction of sp³-hybridized carbons (Fsp3) is 0.364. The minimum atomic E-state index is -1.51. The Hall–Kier alpha value is -3.41. The van der Waals surface area contributed by atoms with Crippen molar-refractivity contribution in [3.05, 3.63) is 87.6 Å². The Labute approximate surface area is 270 Å². The van der Waals surface area contributed by atoms with E-state index in [1.807, 2.05) is 30.3 Å². The molecule has 1 amide bonds. The number of hydrogen-bond acceptors (Lipinski definition) is 7. The van der Waals surface area contributed by atoms with Crippen molar-refractivity contribution in [2.75, 3.05) is 11.4 Å². The normalized spacial score (nSPS) is 12.6. The molecule has 0 N–H and O–H groups in total. The molecule has 3 aromatic carbocycles. The lowest BCUT2D eigenvalue weighted by molar-refractivity contribution is 0.0578. The van der Waals surface area contributed by atoms with E-state index in [1.54, 1.807) is 71.9 Å². The van der Waals surface area contributed by atoms with Gasteiger partial charge in [0, 0.05) is 18.5 Å². The second-order valence-electron chi connectivity index (χ2n) is 11.9. The maximum atomic E-state index is 15.9. The largest absolute Gasteiger partial charge is 0.591 e. The SMILES string of the molecule is Cc1c(F)c(Br)c(N(CC/C=N\[S@+]([O-])C(C)(C)C)C(=O)OC(C)(C)C)c(OCc2ccccc2)c1C(=O)Oc1ccccc1. The van der Waals surface area contributed by atoms with Gasteiger partial charge >= 0.3 is 12.1 Å². The summed E-state index contributed by atoms with van der Waals surface area (Å²) in [6, 6.07) is 17.6. The number of carbonyl (C=O) groups excluding carboxylic acids is 2. The molecular weight excluding hydrogens is 651 g/mol. The van der Waals surface area contributed by atoms with Gasteiger partial charge in [-0.15, -0.1) is 0 Å². The number of benzene rings is 3. The summed E-state index contributed by atoms with van der Waals surface area (Å²) in [7, 11) is 0. The predicted molar refractivity (Wildman–Crippen MR) is 176 cm³/mol. The molecule has 3 aromatic rings. The van der Waals surface area contributed by atoms with Gasteiger partial charge in [0.25, 0.3) is 0 Å². The quantitative estimate of drug-likeness (QED) is 0.0918. The lowest BCUT2D eigenvalue weighted by atomic mass is 10.0. The fourth-order valence-corrected chi connectivity index (χ4v) is 5.10. The van der Waals surface area contributed by atoms with Crippen LogP contribution in [0.25, 0.3) is 0 Å². The lowest BCUT2D eigenvalue weighted by Gasteiger charge is -2.30. The average Bonchev–Trinajstić information content (AvgIpc) is 2.95. The molecule has 0 aliphatic heterocycles. The van der Waals surface area contributed by atoms with Crippen molar-refractivity contribution in [3.63, 3.8) is 0 Å². The molecule has 0 aliphatic rings. The summed E-state index contributed by atoms with van der Waals surface area (Å²) in [5.74, 6) is -1.46. The summed E-state index contributed by atoms with van der Waals surface area (Å²) in [6.07, 6.45) is 0.788. The van der Waals surface area contributed by atoms with Crippen LogP contribution in [0.1, 0.15) is 69.4 Å². The van der Waals surface area contributed by atoms with Crippen LogP contribution in [0.3, 0.4) is 0 Å². The first-order valence-corrected chi connectivity index (χ1v) is 15.9. The van der Waals surface area contributed by atoms with E-state index in [1.165, 1.54) is 18.0 Å². The van der Waals surface area contributed by atoms with E-state index in [4.69, 9.17) is 14.2 Å². The van der Waals surface area contributed by atoms with Crippen LogP contribution in [0.5, 0.6) is 11.5 Å². The third-order valence-corrected chi connectivity index (χ3v) is 8.10. The number of rotatable bonds is 10. The first-order chi connectivity index (χ1) is 20.6. The third kappa shape index (κ3) is 9.54. The average molecular weight is 690 g/mol. The van der Waals surface area contributed by atoms with Gasteiger partial charge in [-0.05, 0) is 82.1 Å². The van der Waals surface area contributed by atoms with Gasteiger partial charge in [-0.1, -0.05) is 52.9 Å². The van der Waals surface area contributed by atoms with Crippen LogP contribution in [0.15, 0.2) is 69.5 Å². The zero-order valence-corrected chi connectivity index (χ0v) is 28.4. The Morgan fingerprint density at radius 3 is 2.18 bits per heavy atom. The number of nitrogens with zero attached hydrogens (tertiary/aromatic N) is 2. The van der Waals surface area contributed by atoms with Gasteiger partial charge in [-0.25, -0.2) is 14.0 Å².